The third kappa shape index (κ3) is 3.56. The molecule has 0 amide bonds. The van der Waals surface area contributed by atoms with Crippen molar-refractivity contribution < 1.29 is 9.47 Å². The van der Waals surface area contributed by atoms with Crippen LogP contribution in [-0.2, 0) is 4.74 Å². The molecule has 3 rings (SSSR count). The second-order valence-electron chi connectivity index (χ2n) is 6.91. The molecule has 128 valence electrons. The lowest BCUT2D eigenvalue weighted by Crippen LogP contribution is -2.52. The molecule has 1 atom stereocenters. The number of rotatable bonds is 3. The van der Waals surface area contributed by atoms with E-state index in [4.69, 9.17) is 14.7 Å². The van der Waals surface area contributed by atoms with Gasteiger partial charge in [0.2, 0.25) is 0 Å². The SMILES string of the molecule is CC(C)(C)N1CCO[C@@H](COc2cc(Br)c3c(C#N)cnn3c2)C1. The van der Waals surface area contributed by atoms with Crippen LogP contribution in [0.4, 0.5) is 0 Å². The van der Waals surface area contributed by atoms with Crippen LogP contribution in [0.2, 0.25) is 0 Å². The van der Waals surface area contributed by atoms with Crippen molar-refractivity contribution in [3.05, 3.63) is 28.5 Å². The number of hydrogen-bond donors (Lipinski definition) is 0. The summed E-state index contributed by atoms with van der Waals surface area (Å²) in [5, 5.41) is 13.3. The Morgan fingerprint density at radius 1 is 1.50 bits per heavy atom. The third-order valence-electron chi connectivity index (χ3n) is 4.18. The van der Waals surface area contributed by atoms with Gasteiger partial charge >= 0.3 is 0 Å². The van der Waals surface area contributed by atoms with Crippen LogP contribution in [0.5, 0.6) is 5.75 Å². The van der Waals surface area contributed by atoms with Gasteiger partial charge in [0.05, 0.1) is 30.1 Å². The first-order valence-corrected chi connectivity index (χ1v) is 8.74. The first kappa shape index (κ1) is 17.2. The van der Waals surface area contributed by atoms with E-state index >= 15 is 0 Å². The zero-order chi connectivity index (χ0) is 17.3. The molecule has 24 heavy (non-hydrogen) atoms. The first-order chi connectivity index (χ1) is 11.4. The number of aromatic nitrogens is 2. The number of fused-ring (bicyclic) bond motifs is 1. The molecule has 0 bridgehead atoms. The normalized spacial score (nSPS) is 19.4. The first-order valence-electron chi connectivity index (χ1n) is 7.95. The molecule has 0 unspecified atom stereocenters. The summed E-state index contributed by atoms with van der Waals surface area (Å²) in [5.74, 6) is 0.693. The largest absolute Gasteiger partial charge is 0.489 e. The molecule has 1 saturated heterocycles. The molecule has 1 aliphatic rings. The van der Waals surface area contributed by atoms with Gasteiger partial charge in [0, 0.05) is 23.1 Å². The molecule has 0 radical (unpaired) electrons. The summed E-state index contributed by atoms with van der Waals surface area (Å²) < 4.78 is 14.2. The fourth-order valence-electron chi connectivity index (χ4n) is 2.83. The van der Waals surface area contributed by atoms with Crippen LogP contribution < -0.4 is 4.74 Å². The molecule has 7 heteroatoms. The van der Waals surface area contributed by atoms with Gasteiger partial charge in [-0.15, -0.1) is 0 Å². The lowest BCUT2D eigenvalue weighted by molar-refractivity contribution is -0.0729. The molecule has 3 heterocycles. The fraction of sp³-hybridized carbons (Fsp3) is 0.529. The van der Waals surface area contributed by atoms with E-state index in [1.54, 1.807) is 16.9 Å². The number of nitrogens with zero attached hydrogens (tertiary/aromatic N) is 4. The highest BCUT2D eigenvalue weighted by molar-refractivity contribution is 9.10. The van der Waals surface area contributed by atoms with Gasteiger partial charge in [-0.2, -0.15) is 10.4 Å². The molecule has 2 aromatic heterocycles. The average Bonchev–Trinajstić information content (AvgIpc) is 2.96. The van der Waals surface area contributed by atoms with Crippen molar-refractivity contribution in [1.29, 1.82) is 5.26 Å². The summed E-state index contributed by atoms with van der Waals surface area (Å²) in [4.78, 5) is 2.41. The summed E-state index contributed by atoms with van der Waals surface area (Å²) in [6, 6.07) is 4.00. The van der Waals surface area contributed by atoms with Gasteiger partial charge in [-0.1, -0.05) is 0 Å². The van der Waals surface area contributed by atoms with E-state index in [1.165, 1.54) is 0 Å². The molecule has 0 aromatic carbocycles. The van der Waals surface area contributed by atoms with Crippen LogP contribution in [0.15, 0.2) is 22.9 Å². The molecule has 1 fully saturated rings. The second kappa shape index (κ2) is 6.71. The molecule has 0 saturated carbocycles. The van der Waals surface area contributed by atoms with Crippen molar-refractivity contribution in [2.24, 2.45) is 0 Å². The lowest BCUT2D eigenvalue weighted by Gasteiger charge is -2.41. The summed E-state index contributed by atoms with van der Waals surface area (Å²) in [6.45, 7) is 9.65. The predicted octanol–water partition coefficient (Wildman–Crippen LogP) is 2.85. The quantitative estimate of drug-likeness (QED) is 0.803. The summed E-state index contributed by atoms with van der Waals surface area (Å²) >= 11 is 3.49. The molecule has 0 N–H and O–H groups in total. The van der Waals surface area contributed by atoms with E-state index in [0.717, 1.165) is 29.7 Å². The Morgan fingerprint density at radius 2 is 2.29 bits per heavy atom. The number of hydrogen-bond acceptors (Lipinski definition) is 5. The molecule has 6 nitrogen and oxygen atoms in total. The van der Waals surface area contributed by atoms with Crippen LogP contribution >= 0.6 is 15.9 Å². The lowest BCUT2D eigenvalue weighted by atomic mass is 10.0. The number of morpholine rings is 1. The standard InChI is InChI=1S/C17H21BrN4O2/c1-17(2,3)21-4-5-23-14(9-21)11-24-13-6-15(18)16-12(7-19)8-20-22(16)10-13/h6,8,10,14H,4-5,9,11H2,1-3H3/t14-/m1/s1. The number of nitriles is 1. The Labute approximate surface area is 150 Å². The summed E-state index contributed by atoms with van der Waals surface area (Å²) in [6.07, 6.45) is 3.38. The maximum Gasteiger partial charge on any atom is 0.138 e. The minimum atomic E-state index is 0.0414. The number of ether oxygens (including phenoxy) is 2. The van der Waals surface area contributed by atoms with E-state index < -0.39 is 0 Å². The van der Waals surface area contributed by atoms with Gasteiger partial charge < -0.3 is 9.47 Å². The van der Waals surface area contributed by atoms with E-state index in [1.807, 2.05) is 6.07 Å². The molecular formula is C17H21BrN4O2. The van der Waals surface area contributed by atoms with Crippen molar-refractivity contribution in [3.63, 3.8) is 0 Å². The van der Waals surface area contributed by atoms with Crippen molar-refractivity contribution in [3.8, 4) is 11.8 Å². The second-order valence-corrected chi connectivity index (χ2v) is 7.76. The zero-order valence-electron chi connectivity index (χ0n) is 14.1. The Morgan fingerprint density at radius 3 is 3.00 bits per heavy atom. The molecule has 1 aliphatic heterocycles. The average molecular weight is 393 g/mol. The van der Waals surface area contributed by atoms with Gasteiger partial charge in [0.25, 0.3) is 0 Å². The highest BCUT2D eigenvalue weighted by atomic mass is 79.9. The molecule has 2 aromatic rings. The monoisotopic (exact) mass is 392 g/mol. The van der Waals surface area contributed by atoms with Crippen LogP contribution in [0.1, 0.15) is 26.3 Å². The molecule has 0 aliphatic carbocycles. The van der Waals surface area contributed by atoms with E-state index in [2.05, 4.69) is 52.8 Å². The topological polar surface area (TPSA) is 62.8 Å². The van der Waals surface area contributed by atoms with Crippen molar-refractivity contribution >= 4 is 21.4 Å². The van der Waals surface area contributed by atoms with Gasteiger partial charge in [0.1, 0.15) is 24.5 Å². The Kier molecular flexibility index (Phi) is 4.81. The Balaban J connectivity index is 1.69. The highest BCUT2D eigenvalue weighted by Gasteiger charge is 2.28. The van der Waals surface area contributed by atoms with Gasteiger partial charge in [0.15, 0.2) is 0 Å². The van der Waals surface area contributed by atoms with Crippen molar-refractivity contribution in [2.75, 3.05) is 26.3 Å². The zero-order valence-corrected chi connectivity index (χ0v) is 15.7. The molecule has 0 spiro atoms. The van der Waals surface area contributed by atoms with Crippen LogP contribution in [0.25, 0.3) is 5.52 Å². The van der Waals surface area contributed by atoms with Crippen LogP contribution in [-0.4, -0.2) is 52.5 Å². The van der Waals surface area contributed by atoms with Crippen LogP contribution in [0, 0.1) is 11.3 Å². The van der Waals surface area contributed by atoms with E-state index in [9.17, 15) is 0 Å². The Bertz CT molecular complexity index is 775. The van der Waals surface area contributed by atoms with E-state index in [0.29, 0.717) is 17.9 Å². The predicted molar refractivity (Wildman–Crippen MR) is 94.2 cm³/mol. The van der Waals surface area contributed by atoms with Crippen molar-refractivity contribution in [1.82, 2.24) is 14.5 Å². The highest BCUT2D eigenvalue weighted by Crippen LogP contribution is 2.26. The fourth-order valence-corrected chi connectivity index (χ4v) is 3.45. The number of pyridine rings is 1. The summed E-state index contributed by atoms with van der Waals surface area (Å²) in [7, 11) is 0. The smallest absolute Gasteiger partial charge is 0.138 e. The summed E-state index contributed by atoms with van der Waals surface area (Å²) in [5.41, 5.74) is 1.41. The van der Waals surface area contributed by atoms with E-state index in [-0.39, 0.29) is 11.6 Å². The maximum atomic E-state index is 9.11. The van der Waals surface area contributed by atoms with Crippen molar-refractivity contribution in [2.45, 2.75) is 32.4 Å². The van der Waals surface area contributed by atoms with Gasteiger partial charge in [-0.05, 0) is 42.8 Å². The third-order valence-corrected chi connectivity index (χ3v) is 4.79. The maximum absolute atomic E-state index is 9.11. The van der Waals surface area contributed by atoms with Crippen LogP contribution in [0.3, 0.4) is 0 Å². The minimum Gasteiger partial charge on any atom is -0.489 e. The number of halogens is 1. The van der Waals surface area contributed by atoms with Gasteiger partial charge in [-0.3, -0.25) is 4.90 Å². The Hall–Kier alpha value is -1.62. The minimum absolute atomic E-state index is 0.0414. The van der Waals surface area contributed by atoms with Gasteiger partial charge in [-0.25, -0.2) is 4.52 Å². The molecular weight excluding hydrogens is 372 g/mol.